The summed E-state index contributed by atoms with van der Waals surface area (Å²) in [7, 11) is 5.18. The number of carbonyl (C=O) groups is 1. The number of hydrogen-bond donors (Lipinski definition) is 4. The molecule has 0 radical (unpaired) electrons. The number of aliphatic hydroxyl groups excluding tert-OH is 1. The van der Waals surface area contributed by atoms with Gasteiger partial charge in [0.2, 0.25) is 0 Å². The number of H-pyrrole nitrogens is 1. The molecule has 3 aromatic rings. The van der Waals surface area contributed by atoms with Gasteiger partial charge in [-0.05, 0) is 81.2 Å². The number of benzene rings is 2. The van der Waals surface area contributed by atoms with Gasteiger partial charge in [0.05, 0.1) is 32.0 Å². The summed E-state index contributed by atoms with van der Waals surface area (Å²) >= 11 is 0. The minimum Gasteiger partial charge on any atom is -0.496 e. The lowest BCUT2D eigenvalue weighted by Crippen LogP contribution is -2.77. The molecule has 6 heterocycles. The van der Waals surface area contributed by atoms with E-state index < -0.39 is 39.6 Å². The van der Waals surface area contributed by atoms with Crippen LogP contribution >= 0.6 is 0 Å². The third kappa shape index (κ3) is 4.41. The molecule has 3 fully saturated rings. The van der Waals surface area contributed by atoms with E-state index in [1.807, 2.05) is 20.0 Å². The third-order valence-electron chi connectivity index (χ3n) is 15.1. The van der Waals surface area contributed by atoms with E-state index in [1.165, 1.54) is 7.11 Å². The molecule has 10 atom stereocenters. The molecule has 6 aliphatic rings. The average Bonchev–Trinajstić information content (AvgIpc) is 3.82. The maximum Gasteiger partial charge on any atom is 0.322 e. The van der Waals surface area contributed by atoms with Crippen LogP contribution < -0.4 is 9.64 Å². The number of nitrogens with zero attached hydrogens (tertiary/aromatic N) is 3. The number of aliphatic hydroxyl groups is 3. The van der Waals surface area contributed by atoms with Gasteiger partial charge in [-0.25, -0.2) is 0 Å². The molecule has 4 N–H and O–H groups in total. The van der Waals surface area contributed by atoms with Gasteiger partial charge in [-0.15, -0.1) is 0 Å². The highest BCUT2D eigenvalue weighted by Crippen LogP contribution is 2.67. The molecular weight excluding hydrogens is 668 g/mol. The lowest BCUT2D eigenvalue weighted by molar-refractivity contribution is -0.190. The number of para-hydroxylation sites is 1. The Morgan fingerprint density at radius 3 is 2.57 bits per heavy atom. The molecule has 5 aliphatic heterocycles. The van der Waals surface area contributed by atoms with Gasteiger partial charge in [0.25, 0.3) is 0 Å². The predicted molar refractivity (Wildman–Crippen MR) is 205 cm³/mol. The maximum absolute atomic E-state index is 15.2. The summed E-state index contributed by atoms with van der Waals surface area (Å²) in [5.74, 6) is 0.213. The topological polar surface area (TPSA) is 122 Å². The lowest BCUT2D eigenvalue weighted by Gasteiger charge is -2.63. The lowest BCUT2D eigenvalue weighted by atomic mass is 9.48. The molecule has 9 rings (SSSR count). The van der Waals surface area contributed by atoms with E-state index in [4.69, 9.17) is 9.47 Å². The molecule has 0 amide bonds. The van der Waals surface area contributed by atoms with E-state index in [1.54, 1.807) is 7.11 Å². The molecule has 1 aliphatic carbocycles. The summed E-state index contributed by atoms with van der Waals surface area (Å²) in [6.07, 6.45) is 7.22. The van der Waals surface area contributed by atoms with Gasteiger partial charge in [0.15, 0.2) is 0 Å². The molecule has 10 heteroatoms. The fourth-order valence-corrected chi connectivity index (χ4v) is 13.1. The number of piperidine rings is 1. The first-order valence-electron chi connectivity index (χ1n) is 19.8. The second kappa shape index (κ2) is 11.8. The smallest absolute Gasteiger partial charge is 0.322 e. The number of ether oxygens (including phenoxy) is 2. The van der Waals surface area contributed by atoms with E-state index in [9.17, 15) is 15.3 Å². The molecule has 1 saturated carbocycles. The highest BCUT2D eigenvalue weighted by atomic mass is 16.5. The van der Waals surface area contributed by atoms with Crippen molar-refractivity contribution in [3.05, 3.63) is 70.9 Å². The molecule has 6 unspecified atom stereocenters. The number of anilines is 1. The molecule has 1 aromatic heterocycles. The van der Waals surface area contributed by atoms with E-state index in [-0.39, 0.29) is 17.9 Å². The fourth-order valence-electron chi connectivity index (χ4n) is 13.1. The van der Waals surface area contributed by atoms with Crippen LogP contribution in [0.3, 0.4) is 0 Å². The number of esters is 1. The van der Waals surface area contributed by atoms with Crippen molar-refractivity contribution in [2.75, 3.05) is 58.9 Å². The molecule has 284 valence electrons. The molecule has 1 spiro atoms. The first kappa shape index (κ1) is 35.3. The quantitative estimate of drug-likeness (QED) is 0.226. The Balaban J connectivity index is 1.35. The van der Waals surface area contributed by atoms with Gasteiger partial charge in [0.1, 0.15) is 16.8 Å². The Hall–Kier alpha value is -3.41. The molecule has 2 aromatic carbocycles. The number of rotatable bonds is 5. The van der Waals surface area contributed by atoms with Crippen LogP contribution in [0.1, 0.15) is 75.3 Å². The third-order valence-corrected chi connectivity index (χ3v) is 15.1. The van der Waals surface area contributed by atoms with Crippen LogP contribution in [0.25, 0.3) is 10.9 Å². The van der Waals surface area contributed by atoms with Crippen LogP contribution in [0, 0.1) is 11.3 Å². The van der Waals surface area contributed by atoms with Crippen molar-refractivity contribution < 1.29 is 29.6 Å². The van der Waals surface area contributed by atoms with Gasteiger partial charge in [-0.1, -0.05) is 44.2 Å². The number of nitrogens with one attached hydrogen (secondary N) is 1. The molecule has 10 nitrogen and oxygen atoms in total. The first-order chi connectivity index (χ1) is 25.3. The standard InChI is InChI=1S/C43H56N4O6/c1-7-40(51)22-26-23-43(38(49)53-6,34-28(14-18-46(24-26)25-40)27-12-9-10-13-31(27)44-34)30-20-29-32(21-33(30)52-5)45(4)35-39(3,50)37(48)41(8-2)15-11-17-47-19-16-42(29,35)36(41)47/h9-13,15,20-21,26,35-37,44,48,50-51H,7-8,14,16-19,22-25H2,1-6H3/t26?,35?,36?,37-,39-,40?,41+,42?,43-/m0/s1. The van der Waals surface area contributed by atoms with Gasteiger partial charge in [0, 0.05) is 84.0 Å². The Morgan fingerprint density at radius 1 is 1.04 bits per heavy atom. The molecular formula is C43H56N4O6. The highest BCUT2D eigenvalue weighted by Gasteiger charge is 2.75. The van der Waals surface area contributed by atoms with Crippen molar-refractivity contribution in [1.29, 1.82) is 0 Å². The van der Waals surface area contributed by atoms with Crippen LogP contribution in [-0.4, -0.2) is 119 Å². The van der Waals surface area contributed by atoms with Crippen molar-refractivity contribution in [3.8, 4) is 5.75 Å². The summed E-state index contributed by atoms with van der Waals surface area (Å²) in [6, 6.07) is 12.1. The zero-order chi connectivity index (χ0) is 37.3. The largest absolute Gasteiger partial charge is 0.496 e. The number of aromatic nitrogens is 1. The number of aromatic amines is 1. The summed E-state index contributed by atoms with van der Waals surface area (Å²) in [5.41, 5.74) is 0.888. The predicted octanol–water partition coefficient (Wildman–Crippen LogP) is 4.27. The zero-order valence-electron chi connectivity index (χ0n) is 32.1. The van der Waals surface area contributed by atoms with Gasteiger partial charge in [-0.3, -0.25) is 14.6 Å². The van der Waals surface area contributed by atoms with Crippen LogP contribution in [0.4, 0.5) is 5.69 Å². The van der Waals surface area contributed by atoms with Crippen molar-refractivity contribution >= 4 is 22.6 Å². The van der Waals surface area contributed by atoms with E-state index >= 15 is 4.79 Å². The van der Waals surface area contributed by atoms with E-state index in [0.29, 0.717) is 44.4 Å². The Labute approximate surface area is 312 Å². The molecule has 53 heavy (non-hydrogen) atoms. The minimum absolute atomic E-state index is 0.0135. The first-order valence-corrected chi connectivity index (χ1v) is 19.8. The summed E-state index contributed by atoms with van der Waals surface area (Å²) in [6.45, 7) is 9.78. The van der Waals surface area contributed by atoms with Crippen molar-refractivity contribution in [2.45, 2.75) is 99.5 Å². The Kier molecular flexibility index (Phi) is 7.86. The maximum atomic E-state index is 15.2. The average molecular weight is 725 g/mol. The second-order valence-corrected chi connectivity index (χ2v) is 17.5. The van der Waals surface area contributed by atoms with Crippen LogP contribution in [0.2, 0.25) is 0 Å². The molecule has 2 bridgehead atoms. The summed E-state index contributed by atoms with van der Waals surface area (Å²) in [4.78, 5) is 26.0. The minimum atomic E-state index is -1.44. The number of methoxy groups -OCH3 is 2. The number of hydrogen-bond acceptors (Lipinski definition) is 9. The Bertz CT molecular complexity index is 2010. The highest BCUT2D eigenvalue weighted by molar-refractivity contribution is 5.94. The summed E-state index contributed by atoms with van der Waals surface area (Å²) < 4.78 is 12.3. The van der Waals surface area contributed by atoms with Crippen molar-refractivity contribution in [1.82, 2.24) is 14.8 Å². The van der Waals surface area contributed by atoms with Crippen LogP contribution in [0.15, 0.2) is 48.6 Å². The van der Waals surface area contributed by atoms with Gasteiger partial charge in [-0.2, -0.15) is 0 Å². The van der Waals surface area contributed by atoms with Crippen LogP contribution in [0.5, 0.6) is 5.75 Å². The van der Waals surface area contributed by atoms with Crippen molar-refractivity contribution in [2.24, 2.45) is 11.3 Å². The van der Waals surface area contributed by atoms with Gasteiger partial charge < -0.3 is 34.7 Å². The second-order valence-electron chi connectivity index (χ2n) is 17.5. The van der Waals surface area contributed by atoms with Gasteiger partial charge >= 0.3 is 5.97 Å². The number of fused-ring (bicyclic) bond motifs is 6. The SMILES string of the molecule is CCC1(O)CC2CN(CCc3c([nH]c4ccccc34)[C@@](C(=O)OC)(c3cc4c(cc3OC)N(C)C3C45CCN4CC=C[C@](CC)(C45)[C@@H](O)[C@@]3(C)O)C2)C1. The molecule has 2 saturated heterocycles. The normalized spacial score (nSPS) is 40.1. The number of likely N-dealkylation sites (N-methyl/N-ethyl adjacent to an activating group) is 1. The van der Waals surface area contributed by atoms with E-state index in [0.717, 1.165) is 71.6 Å². The Morgan fingerprint density at radius 2 is 1.83 bits per heavy atom. The fraction of sp³-hybridized carbons (Fsp3) is 0.605. The van der Waals surface area contributed by atoms with Crippen LogP contribution in [-0.2, 0) is 26.8 Å². The number of carbonyl (C=O) groups excluding carboxylic acids is 1. The zero-order valence-corrected chi connectivity index (χ0v) is 32.1. The van der Waals surface area contributed by atoms with Crippen molar-refractivity contribution in [3.63, 3.8) is 0 Å². The van der Waals surface area contributed by atoms with E-state index in [2.05, 4.69) is 76.0 Å². The monoisotopic (exact) mass is 724 g/mol. The summed E-state index contributed by atoms with van der Waals surface area (Å²) in [5, 5.41) is 37.8.